The number of sulfonamides is 1. The van der Waals surface area contributed by atoms with E-state index in [0.717, 1.165) is 4.31 Å². The number of rotatable bonds is 7. The van der Waals surface area contributed by atoms with Gasteiger partial charge in [0.25, 0.3) is 0 Å². The third-order valence-electron chi connectivity index (χ3n) is 2.68. The van der Waals surface area contributed by atoms with E-state index in [1.54, 1.807) is 19.1 Å². The van der Waals surface area contributed by atoms with E-state index in [1.165, 1.54) is 12.1 Å². The van der Waals surface area contributed by atoms with Gasteiger partial charge in [0.2, 0.25) is 10.0 Å². The van der Waals surface area contributed by atoms with E-state index in [9.17, 15) is 13.5 Å². The highest BCUT2D eigenvalue weighted by atomic mass is 32.2. The Morgan fingerprint density at radius 1 is 1.21 bits per heavy atom. The van der Waals surface area contributed by atoms with Gasteiger partial charge in [-0.05, 0) is 24.6 Å². The molecule has 1 unspecified atom stereocenters. The Hall–Kier alpha value is -0.990. The fourth-order valence-electron chi connectivity index (χ4n) is 1.66. The molecule has 1 aromatic rings. The highest BCUT2D eigenvalue weighted by Crippen LogP contribution is 2.20. The first-order chi connectivity index (χ1) is 8.93. The van der Waals surface area contributed by atoms with Gasteiger partial charge in [0.1, 0.15) is 0 Å². The first-order valence-electron chi connectivity index (χ1n) is 5.93. The number of benzene rings is 1. The summed E-state index contributed by atoms with van der Waals surface area (Å²) in [4.78, 5) is 0.0350. The summed E-state index contributed by atoms with van der Waals surface area (Å²) in [6.07, 6.45) is -0.765. The van der Waals surface area contributed by atoms with Gasteiger partial charge >= 0.3 is 0 Å². The minimum atomic E-state index is -3.78. The average molecular weight is 289 g/mol. The summed E-state index contributed by atoms with van der Waals surface area (Å²) in [5, 5.41) is 27.2. The molecule has 0 aliphatic carbocycles. The van der Waals surface area contributed by atoms with E-state index in [-0.39, 0.29) is 31.2 Å². The SMILES string of the molecule is CC(O)c1cccc(S(=O)(=O)N(CCO)CCO)c1. The highest BCUT2D eigenvalue weighted by Gasteiger charge is 2.24. The quantitative estimate of drug-likeness (QED) is 0.641. The molecule has 0 saturated carbocycles. The number of hydrogen-bond acceptors (Lipinski definition) is 5. The molecule has 0 spiro atoms. The average Bonchev–Trinajstić information content (AvgIpc) is 2.38. The van der Waals surface area contributed by atoms with Crippen molar-refractivity contribution in [1.82, 2.24) is 4.31 Å². The number of aliphatic hydroxyl groups is 3. The van der Waals surface area contributed by atoms with Gasteiger partial charge in [-0.1, -0.05) is 12.1 Å². The second-order valence-corrected chi connectivity index (χ2v) is 6.04. The van der Waals surface area contributed by atoms with E-state index in [1.807, 2.05) is 0 Å². The predicted molar refractivity (Wildman–Crippen MR) is 70.0 cm³/mol. The standard InChI is InChI=1S/C12H19NO5S/c1-10(16)11-3-2-4-12(9-11)19(17,18)13(5-7-14)6-8-15/h2-4,9-10,14-16H,5-8H2,1H3. The molecule has 19 heavy (non-hydrogen) atoms. The van der Waals surface area contributed by atoms with Crippen molar-refractivity contribution in [3.63, 3.8) is 0 Å². The summed E-state index contributed by atoms with van der Waals surface area (Å²) >= 11 is 0. The lowest BCUT2D eigenvalue weighted by atomic mass is 10.1. The molecule has 1 rings (SSSR count). The van der Waals surface area contributed by atoms with Crippen LogP contribution in [0.4, 0.5) is 0 Å². The molecule has 0 heterocycles. The molecule has 0 saturated heterocycles. The Kier molecular flexibility index (Phi) is 5.89. The van der Waals surface area contributed by atoms with E-state index in [0.29, 0.717) is 5.56 Å². The van der Waals surface area contributed by atoms with Crippen molar-refractivity contribution in [1.29, 1.82) is 0 Å². The first-order valence-corrected chi connectivity index (χ1v) is 7.37. The Morgan fingerprint density at radius 3 is 2.26 bits per heavy atom. The zero-order valence-corrected chi connectivity index (χ0v) is 11.5. The van der Waals surface area contributed by atoms with Crippen molar-refractivity contribution < 1.29 is 23.7 Å². The van der Waals surface area contributed by atoms with Crippen LogP contribution in [0, 0.1) is 0 Å². The molecule has 0 aromatic heterocycles. The van der Waals surface area contributed by atoms with Crippen molar-refractivity contribution >= 4 is 10.0 Å². The zero-order chi connectivity index (χ0) is 14.5. The van der Waals surface area contributed by atoms with E-state index < -0.39 is 16.1 Å². The van der Waals surface area contributed by atoms with Gasteiger partial charge in [-0.3, -0.25) is 0 Å². The summed E-state index contributed by atoms with van der Waals surface area (Å²) in [5.74, 6) is 0. The summed E-state index contributed by atoms with van der Waals surface area (Å²) < 4.78 is 25.6. The van der Waals surface area contributed by atoms with Gasteiger partial charge in [-0.2, -0.15) is 4.31 Å². The predicted octanol–water partition coefficient (Wildman–Crippen LogP) is -0.285. The topological polar surface area (TPSA) is 98.1 Å². The summed E-state index contributed by atoms with van der Waals surface area (Å²) in [6.45, 7) is 0.735. The maximum atomic E-state index is 12.3. The fraction of sp³-hybridized carbons (Fsp3) is 0.500. The molecule has 108 valence electrons. The van der Waals surface area contributed by atoms with Crippen molar-refractivity contribution in [3.05, 3.63) is 29.8 Å². The second-order valence-electron chi connectivity index (χ2n) is 4.10. The Morgan fingerprint density at radius 2 is 1.79 bits per heavy atom. The van der Waals surface area contributed by atoms with Crippen LogP contribution in [0.2, 0.25) is 0 Å². The summed E-state index contributed by atoms with van der Waals surface area (Å²) in [7, 11) is -3.78. The van der Waals surface area contributed by atoms with Crippen LogP contribution in [0.1, 0.15) is 18.6 Å². The Bertz CT molecular complexity index is 495. The third kappa shape index (κ3) is 3.99. The zero-order valence-electron chi connectivity index (χ0n) is 10.7. The number of nitrogens with zero attached hydrogens (tertiary/aromatic N) is 1. The minimum absolute atomic E-state index is 0.0350. The third-order valence-corrected chi connectivity index (χ3v) is 4.57. The normalized spacial score (nSPS) is 13.7. The van der Waals surface area contributed by atoms with E-state index >= 15 is 0 Å². The molecular formula is C12H19NO5S. The lowest BCUT2D eigenvalue weighted by molar-refractivity contribution is 0.199. The molecule has 0 amide bonds. The summed E-state index contributed by atoms with van der Waals surface area (Å²) in [5.41, 5.74) is 0.494. The molecule has 7 heteroatoms. The molecule has 1 aromatic carbocycles. The lowest BCUT2D eigenvalue weighted by Gasteiger charge is -2.20. The van der Waals surface area contributed by atoms with Gasteiger partial charge in [0.15, 0.2) is 0 Å². The molecule has 3 N–H and O–H groups in total. The molecule has 0 aliphatic heterocycles. The van der Waals surface area contributed by atoms with Crippen LogP contribution in [0.5, 0.6) is 0 Å². The first kappa shape index (κ1) is 16.1. The van der Waals surface area contributed by atoms with Gasteiger partial charge in [-0.15, -0.1) is 0 Å². The summed E-state index contributed by atoms with van der Waals surface area (Å²) in [6, 6.07) is 5.99. The fourth-order valence-corrected chi connectivity index (χ4v) is 3.14. The molecule has 6 nitrogen and oxygen atoms in total. The van der Waals surface area contributed by atoms with Crippen molar-refractivity contribution in [2.75, 3.05) is 26.3 Å². The minimum Gasteiger partial charge on any atom is -0.395 e. The maximum absolute atomic E-state index is 12.3. The Balaban J connectivity index is 3.13. The van der Waals surface area contributed by atoms with Crippen molar-refractivity contribution in [2.24, 2.45) is 0 Å². The molecule has 0 aliphatic rings. The molecule has 0 fully saturated rings. The Labute approximate surface area is 113 Å². The van der Waals surface area contributed by atoms with Gasteiger partial charge < -0.3 is 15.3 Å². The van der Waals surface area contributed by atoms with Crippen molar-refractivity contribution in [2.45, 2.75) is 17.9 Å². The monoisotopic (exact) mass is 289 g/mol. The van der Waals surface area contributed by atoms with Gasteiger partial charge in [0.05, 0.1) is 24.2 Å². The van der Waals surface area contributed by atoms with Crippen LogP contribution >= 0.6 is 0 Å². The largest absolute Gasteiger partial charge is 0.395 e. The van der Waals surface area contributed by atoms with Crippen LogP contribution in [-0.4, -0.2) is 54.3 Å². The molecule has 1 atom stereocenters. The number of hydrogen-bond donors (Lipinski definition) is 3. The molecule has 0 bridgehead atoms. The van der Waals surface area contributed by atoms with Gasteiger partial charge in [0, 0.05) is 13.1 Å². The van der Waals surface area contributed by atoms with Crippen LogP contribution < -0.4 is 0 Å². The maximum Gasteiger partial charge on any atom is 0.243 e. The smallest absolute Gasteiger partial charge is 0.243 e. The van der Waals surface area contributed by atoms with Crippen LogP contribution in [0.3, 0.4) is 0 Å². The second kappa shape index (κ2) is 6.97. The van der Waals surface area contributed by atoms with E-state index in [2.05, 4.69) is 0 Å². The van der Waals surface area contributed by atoms with E-state index in [4.69, 9.17) is 10.2 Å². The molecular weight excluding hydrogens is 270 g/mol. The van der Waals surface area contributed by atoms with Crippen molar-refractivity contribution in [3.8, 4) is 0 Å². The van der Waals surface area contributed by atoms with Crippen LogP contribution in [0.25, 0.3) is 0 Å². The van der Waals surface area contributed by atoms with Gasteiger partial charge in [-0.25, -0.2) is 8.42 Å². The molecule has 0 radical (unpaired) electrons. The number of aliphatic hydroxyl groups excluding tert-OH is 3. The van der Waals surface area contributed by atoms with Crippen LogP contribution in [0.15, 0.2) is 29.2 Å². The van der Waals surface area contributed by atoms with Crippen LogP contribution in [-0.2, 0) is 10.0 Å². The lowest BCUT2D eigenvalue weighted by Crippen LogP contribution is -2.35. The highest BCUT2D eigenvalue weighted by molar-refractivity contribution is 7.89.